The molecule has 1 unspecified atom stereocenters. The van der Waals surface area contributed by atoms with E-state index in [2.05, 4.69) is 15.9 Å². The molecule has 1 atom stereocenters. The first kappa shape index (κ1) is 12.8. The third-order valence-electron chi connectivity index (χ3n) is 4.39. The maximum Gasteiger partial charge on any atom is 0.169 e. The molecule has 2 aliphatic rings. The van der Waals surface area contributed by atoms with Gasteiger partial charge in [0.05, 0.1) is 0 Å². The van der Waals surface area contributed by atoms with E-state index >= 15 is 0 Å². The molecular formula is C16H15BrO2. The van der Waals surface area contributed by atoms with Crippen molar-refractivity contribution in [1.82, 2.24) is 0 Å². The zero-order chi connectivity index (χ0) is 13.6. The number of fused-ring (bicyclic) bond motifs is 1. The first-order valence-corrected chi connectivity index (χ1v) is 7.37. The van der Waals surface area contributed by atoms with Crippen molar-refractivity contribution in [2.24, 2.45) is 5.41 Å². The Hall–Kier alpha value is -1.22. The zero-order valence-corrected chi connectivity index (χ0v) is 12.4. The van der Waals surface area contributed by atoms with Crippen LogP contribution in [-0.4, -0.2) is 11.6 Å². The van der Waals surface area contributed by atoms with Gasteiger partial charge >= 0.3 is 0 Å². The lowest BCUT2D eigenvalue weighted by atomic mass is 9.69. The van der Waals surface area contributed by atoms with Crippen LogP contribution < -0.4 is 0 Å². The molecular weight excluding hydrogens is 304 g/mol. The van der Waals surface area contributed by atoms with Gasteiger partial charge in [0.15, 0.2) is 11.6 Å². The Morgan fingerprint density at radius 2 is 2.05 bits per heavy atom. The van der Waals surface area contributed by atoms with Gasteiger partial charge in [-0.05, 0) is 49.5 Å². The van der Waals surface area contributed by atoms with Gasteiger partial charge in [-0.15, -0.1) is 0 Å². The first-order chi connectivity index (χ1) is 9.05. The predicted molar refractivity (Wildman–Crippen MR) is 77.2 cm³/mol. The van der Waals surface area contributed by atoms with Crippen LogP contribution in [0.1, 0.15) is 42.1 Å². The number of hydrogen-bond donors (Lipinski definition) is 0. The fraction of sp³-hybridized carbons (Fsp3) is 0.375. The van der Waals surface area contributed by atoms with Crippen molar-refractivity contribution in [3.8, 4) is 0 Å². The van der Waals surface area contributed by atoms with Gasteiger partial charge in [-0.3, -0.25) is 9.59 Å². The normalized spacial score (nSPS) is 28.2. The Balaban J connectivity index is 2.01. The standard InChI is InChI=1S/C16H15BrO2/c1-2-10-8-16(6-5-14(10)18)9-11-3-4-12(17)7-13(11)15(16)19/h2-4,7H,5-6,8-9H2,1H3. The Kier molecular flexibility index (Phi) is 2.97. The van der Waals surface area contributed by atoms with Crippen LogP contribution in [0, 0.1) is 5.41 Å². The van der Waals surface area contributed by atoms with E-state index in [1.54, 1.807) is 0 Å². The maximum absolute atomic E-state index is 12.7. The van der Waals surface area contributed by atoms with E-state index < -0.39 is 0 Å². The average Bonchev–Trinajstić information content (AvgIpc) is 2.67. The van der Waals surface area contributed by atoms with Crippen molar-refractivity contribution in [3.05, 3.63) is 45.4 Å². The summed E-state index contributed by atoms with van der Waals surface area (Å²) in [6.45, 7) is 1.88. The zero-order valence-electron chi connectivity index (χ0n) is 10.8. The minimum absolute atomic E-state index is 0.207. The van der Waals surface area contributed by atoms with Crippen LogP contribution >= 0.6 is 15.9 Å². The lowest BCUT2D eigenvalue weighted by Gasteiger charge is -2.32. The number of Topliss-reactive ketones (excluding diaryl/α,β-unsaturated/α-hetero) is 2. The van der Waals surface area contributed by atoms with Crippen LogP contribution in [0.3, 0.4) is 0 Å². The van der Waals surface area contributed by atoms with Crippen molar-refractivity contribution in [3.63, 3.8) is 0 Å². The maximum atomic E-state index is 12.7. The summed E-state index contributed by atoms with van der Waals surface area (Å²) in [4.78, 5) is 24.5. The smallest absolute Gasteiger partial charge is 0.169 e. The fourth-order valence-electron chi connectivity index (χ4n) is 3.32. The molecule has 2 aliphatic carbocycles. The Bertz CT molecular complexity index is 615. The van der Waals surface area contributed by atoms with Gasteiger partial charge in [0.2, 0.25) is 0 Å². The van der Waals surface area contributed by atoms with Crippen LogP contribution in [0.2, 0.25) is 0 Å². The predicted octanol–water partition coefficient (Wildman–Crippen LogP) is 3.87. The lowest BCUT2D eigenvalue weighted by molar-refractivity contribution is -0.117. The van der Waals surface area contributed by atoms with Gasteiger partial charge in [-0.25, -0.2) is 0 Å². The van der Waals surface area contributed by atoms with Crippen molar-refractivity contribution < 1.29 is 9.59 Å². The summed E-state index contributed by atoms with van der Waals surface area (Å²) >= 11 is 3.42. The van der Waals surface area contributed by atoms with Gasteiger partial charge in [0.25, 0.3) is 0 Å². The van der Waals surface area contributed by atoms with Crippen LogP contribution in [0.4, 0.5) is 0 Å². The van der Waals surface area contributed by atoms with E-state index in [9.17, 15) is 9.59 Å². The number of carbonyl (C=O) groups excluding carboxylic acids is 2. The molecule has 1 saturated carbocycles. The van der Waals surface area contributed by atoms with E-state index in [0.29, 0.717) is 19.3 Å². The summed E-state index contributed by atoms with van der Waals surface area (Å²) in [7, 11) is 0. The molecule has 1 spiro atoms. The Morgan fingerprint density at radius 1 is 1.26 bits per heavy atom. The van der Waals surface area contributed by atoms with Gasteiger partial charge < -0.3 is 0 Å². The number of halogens is 1. The topological polar surface area (TPSA) is 34.1 Å². The summed E-state index contributed by atoms with van der Waals surface area (Å²) < 4.78 is 0.940. The van der Waals surface area contributed by atoms with Gasteiger partial charge in [-0.1, -0.05) is 28.1 Å². The quantitative estimate of drug-likeness (QED) is 0.680. The highest BCUT2D eigenvalue weighted by Crippen LogP contribution is 2.48. The van der Waals surface area contributed by atoms with E-state index in [0.717, 1.165) is 27.6 Å². The second-order valence-corrected chi connectivity index (χ2v) is 6.42. The minimum Gasteiger partial charge on any atom is -0.295 e. The van der Waals surface area contributed by atoms with Crippen molar-refractivity contribution in [2.75, 3.05) is 0 Å². The SMILES string of the molecule is CC=C1CC2(CCC1=O)Cc1ccc(Br)cc1C2=O. The highest BCUT2D eigenvalue weighted by molar-refractivity contribution is 9.10. The largest absolute Gasteiger partial charge is 0.295 e. The van der Waals surface area contributed by atoms with Gasteiger partial charge in [0.1, 0.15) is 0 Å². The number of ketones is 2. The molecule has 1 fully saturated rings. The van der Waals surface area contributed by atoms with Crippen LogP contribution in [0.5, 0.6) is 0 Å². The van der Waals surface area contributed by atoms with E-state index in [-0.39, 0.29) is 17.0 Å². The van der Waals surface area contributed by atoms with Gasteiger partial charge in [-0.2, -0.15) is 0 Å². The van der Waals surface area contributed by atoms with Crippen LogP contribution in [-0.2, 0) is 11.2 Å². The molecule has 19 heavy (non-hydrogen) atoms. The van der Waals surface area contributed by atoms with Crippen molar-refractivity contribution >= 4 is 27.5 Å². The second kappa shape index (κ2) is 4.41. The summed E-state index contributed by atoms with van der Waals surface area (Å²) in [6.07, 6.45) is 4.44. The Morgan fingerprint density at radius 3 is 2.79 bits per heavy atom. The van der Waals surface area contributed by atoms with Gasteiger partial charge in [0, 0.05) is 21.9 Å². The molecule has 0 radical (unpaired) electrons. The molecule has 0 heterocycles. The second-order valence-electron chi connectivity index (χ2n) is 5.50. The molecule has 1 aromatic rings. The number of hydrogen-bond acceptors (Lipinski definition) is 2. The monoisotopic (exact) mass is 318 g/mol. The van der Waals surface area contributed by atoms with E-state index in [1.807, 2.05) is 31.2 Å². The highest BCUT2D eigenvalue weighted by Gasteiger charge is 2.48. The third-order valence-corrected chi connectivity index (χ3v) is 4.89. The molecule has 1 aromatic carbocycles. The summed E-state index contributed by atoms with van der Waals surface area (Å²) in [6, 6.07) is 5.92. The summed E-state index contributed by atoms with van der Waals surface area (Å²) in [5.41, 5.74) is 2.42. The average molecular weight is 319 g/mol. The number of benzene rings is 1. The molecule has 3 rings (SSSR count). The summed E-state index contributed by atoms with van der Waals surface area (Å²) in [5, 5.41) is 0. The fourth-order valence-corrected chi connectivity index (χ4v) is 3.68. The lowest BCUT2D eigenvalue weighted by Crippen LogP contribution is -2.34. The molecule has 98 valence electrons. The first-order valence-electron chi connectivity index (χ1n) is 6.57. The third kappa shape index (κ3) is 1.91. The highest BCUT2D eigenvalue weighted by atomic mass is 79.9. The number of rotatable bonds is 0. The minimum atomic E-state index is -0.362. The van der Waals surface area contributed by atoms with E-state index in [4.69, 9.17) is 0 Å². The molecule has 0 N–H and O–H groups in total. The number of carbonyl (C=O) groups is 2. The molecule has 3 heteroatoms. The van der Waals surface area contributed by atoms with Crippen molar-refractivity contribution in [2.45, 2.75) is 32.6 Å². The molecule has 0 bridgehead atoms. The van der Waals surface area contributed by atoms with Crippen LogP contribution in [0.15, 0.2) is 34.3 Å². The molecule has 0 saturated heterocycles. The molecule has 0 aromatic heterocycles. The van der Waals surface area contributed by atoms with E-state index in [1.165, 1.54) is 0 Å². The molecule has 2 nitrogen and oxygen atoms in total. The molecule has 0 aliphatic heterocycles. The van der Waals surface area contributed by atoms with Crippen molar-refractivity contribution in [1.29, 1.82) is 0 Å². The molecule has 0 amide bonds. The number of allylic oxidation sites excluding steroid dienone is 2. The van der Waals surface area contributed by atoms with Crippen LogP contribution in [0.25, 0.3) is 0 Å². The Labute approximate surface area is 121 Å². The summed E-state index contributed by atoms with van der Waals surface area (Å²) in [5.74, 6) is 0.425.